The third-order valence-corrected chi connectivity index (χ3v) is 5.77. The summed E-state index contributed by atoms with van der Waals surface area (Å²) in [7, 11) is 0. The summed E-state index contributed by atoms with van der Waals surface area (Å²) in [6.45, 7) is 6.30. The van der Waals surface area contributed by atoms with Crippen LogP contribution in [0.25, 0.3) is 0 Å². The normalized spacial score (nSPS) is 43.9. The van der Waals surface area contributed by atoms with E-state index in [0.29, 0.717) is 6.42 Å². The second-order valence-electron chi connectivity index (χ2n) is 6.89. The van der Waals surface area contributed by atoms with Gasteiger partial charge in [-0.3, -0.25) is 0 Å². The summed E-state index contributed by atoms with van der Waals surface area (Å²) in [5, 5.41) is 30.3. The minimum atomic E-state index is -1.05. The minimum absolute atomic E-state index is 0.00716. The molecule has 2 aliphatic carbocycles. The highest BCUT2D eigenvalue weighted by atomic mass is 16.3. The van der Waals surface area contributed by atoms with Crippen molar-refractivity contribution in [2.45, 2.75) is 64.6 Å². The maximum atomic E-state index is 10.9. The van der Waals surface area contributed by atoms with Crippen LogP contribution in [0.2, 0.25) is 0 Å². The molecule has 0 amide bonds. The lowest BCUT2D eigenvalue weighted by atomic mass is 9.46. The second kappa shape index (κ2) is 4.32. The molecule has 0 saturated heterocycles. The fourth-order valence-corrected chi connectivity index (χ4v) is 4.14. The highest BCUT2D eigenvalue weighted by molar-refractivity contribution is 5.20. The molecule has 3 N–H and O–H groups in total. The van der Waals surface area contributed by atoms with Crippen molar-refractivity contribution in [3.05, 3.63) is 11.6 Å². The van der Waals surface area contributed by atoms with Crippen LogP contribution >= 0.6 is 0 Å². The summed E-state index contributed by atoms with van der Waals surface area (Å²) < 4.78 is 0. The van der Waals surface area contributed by atoms with Gasteiger partial charge in [-0.25, -0.2) is 0 Å². The van der Waals surface area contributed by atoms with Crippen LogP contribution in [-0.4, -0.2) is 33.6 Å². The largest absolute Gasteiger partial charge is 0.392 e. The molecule has 0 aromatic heterocycles. The molecule has 1 spiro atoms. The van der Waals surface area contributed by atoms with Crippen molar-refractivity contribution in [1.29, 1.82) is 0 Å². The lowest BCUT2D eigenvalue weighted by molar-refractivity contribution is -0.225. The summed E-state index contributed by atoms with van der Waals surface area (Å²) in [5.41, 5.74) is -0.261. The zero-order valence-corrected chi connectivity index (χ0v) is 11.7. The van der Waals surface area contributed by atoms with Gasteiger partial charge in [-0.15, -0.1) is 0 Å². The third-order valence-electron chi connectivity index (χ3n) is 5.77. The smallest absolute Gasteiger partial charge is 0.0941 e. The molecule has 3 nitrogen and oxygen atoms in total. The fourth-order valence-electron chi connectivity index (χ4n) is 4.14. The average molecular weight is 254 g/mol. The van der Waals surface area contributed by atoms with Gasteiger partial charge in [0.25, 0.3) is 0 Å². The maximum Gasteiger partial charge on any atom is 0.0941 e. The molecule has 2 rings (SSSR count). The molecule has 0 bridgehead atoms. The number of aliphatic hydroxyl groups excluding tert-OH is 2. The van der Waals surface area contributed by atoms with Crippen molar-refractivity contribution in [2.24, 2.45) is 10.8 Å². The Kier molecular flexibility index (Phi) is 3.37. The highest BCUT2D eigenvalue weighted by Gasteiger charge is 2.61. The van der Waals surface area contributed by atoms with E-state index in [1.165, 1.54) is 0 Å². The zero-order chi connectivity index (χ0) is 13.6. The molecule has 0 aromatic carbocycles. The van der Waals surface area contributed by atoms with Gasteiger partial charge >= 0.3 is 0 Å². The van der Waals surface area contributed by atoms with Crippen LogP contribution in [-0.2, 0) is 0 Å². The van der Waals surface area contributed by atoms with Crippen molar-refractivity contribution >= 4 is 0 Å². The van der Waals surface area contributed by atoms with Crippen LogP contribution in [0.15, 0.2) is 11.6 Å². The number of rotatable bonds is 1. The Morgan fingerprint density at radius 3 is 2.44 bits per heavy atom. The number of hydrogen-bond donors (Lipinski definition) is 3. The van der Waals surface area contributed by atoms with Crippen LogP contribution in [0.3, 0.4) is 0 Å². The Morgan fingerprint density at radius 1 is 1.28 bits per heavy atom. The molecule has 18 heavy (non-hydrogen) atoms. The van der Waals surface area contributed by atoms with Crippen molar-refractivity contribution in [3.8, 4) is 0 Å². The molecule has 3 unspecified atom stereocenters. The molecule has 1 fully saturated rings. The predicted octanol–water partition coefficient (Wildman–Crippen LogP) is 2.01. The van der Waals surface area contributed by atoms with Crippen molar-refractivity contribution in [3.63, 3.8) is 0 Å². The van der Waals surface area contributed by atoms with Crippen LogP contribution < -0.4 is 0 Å². The molecule has 0 radical (unpaired) electrons. The summed E-state index contributed by atoms with van der Waals surface area (Å²) in [5.74, 6) is 0. The van der Waals surface area contributed by atoms with E-state index in [2.05, 4.69) is 19.9 Å². The topological polar surface area (TPSA) is 60.7 Å². The van der Waals surface area contributed by atoms with E-state index < -0.39 is 11.7 Å². The Labute approximate surface area is 110 Å². The van der Waals surface area contributed by atoms with Crippen LogP contribution in [0.4, 0.5) is 0 Å². The van der Waals surface area contributed by atoms with Gasteiger partial charge in [-0.2, -0.15) is 0 Å². The number of allylic oxidation sites excluding steroid dienone is 1. The van der Waals surface area contributed by atoms with E-state index in [1.807, 2.05) is 0 Å². The molecule has 0 aromatic rings. The monoisotopic (exact) mass is 254 g/mol. The third kappa shape index (κ3) is 1.75. The Hall–Kier alpha value is -0.380. The Morgan fingerprint density at radius 2 is 1.94 bits per heavy atom. The number of aliphatic hydroxyl groups is 3. The standard InChI is InChI=1S/C15H26O3/c1-13(2)7-6-12(17)14(3,18)15(13)8-4-11(10-16)5-9-15/h4,12,16-18H,5-10H2,1-3H3. The maximum absolute atomic E-state index is 10.9. The summed E-state index contributed by atoms with van der Waals surface area (Å²) >= 11 is 0. The molecular weight excluding hydrogens is 228 g/mol. The fraction of sp³-hybridized carbons (Fsp3) is 0.867. The quantitative estimate of drug-likeness (QED) is 0.627. The van der Waals surface area contributed by atoms with Gasteiger partial charge in [0.15, 0.2) is 0 Å². The van der Waals surface area contributed by atoms with E-state index in [9.17, 15) is 15.3 Å². The summed E-state index contributed by atoms with van der Waals surface area (Å²) in [6.07, 6.45) is 5.44. The molecule has 0 heterocycles. The first kappa shape index (κ1) is 14.0. The first-order valence-electron chi connectivity index (χ1n) is 6.96. The molecule has 104 valence electrons. The van der Waals surface area contributed by atoms with Gasteiger partial charge in [-0.1, -0.05) is 19.9 Å². The van der Waals surface area contributed by atoms with Crippen LogP contribution in [0.5, 0.6) is 0 Å². The second-order valence-corrected chi connectivity index (χ2v) is 6.89. The van der Waals surface area contributed by atoms with Gasteiger partial charge in [0, 0.05) is 5.41 Å². The summed E-state index contributed by atoms with van der Waals surface area (Å²) in [4.78, 5) is 0. The molecule has 1 saturated carbocycles. The summed E-state index contributed by atoms with van der Waals surface area (Å²) in [6, 6.07) is 0. The molecule has 3 heteroatoms. The van der Waals surface area contributed by atoms with Gasteiger partial charge in [0.05, 0.1) is 18.3 Å². The van der Waals surface area contributed by atoms with E-state index in [-0.39, 0.29) is 17.4 Å². The van der Waals surface area contributed by atoms with E-state index in [1.54, 1.807) is 6.92 Å². The predicted molar refractivity (Wildman–Crippen MR) is 71.1 cm³/mol. The van der Waals surface area contributed by atoms with Crippen molar-refractivity contribution < 1.29 is 15.3 Å². The van der Waals surface area contributed by atoms with Crippen LogP contribution in [0.1, 0.15) is 52.9 Å². The Balaban J connectivity index is 2.40. The number of hydrogen-bond acceptors (Lipinski definition) is 3. The van der Waals surface area contributed by atoms with E-state index >= 15 is 0 Å². The average Bonchev–Trinajstić information content (AvgIpc) is 2.34. The molecule has 0 aliphatic heterocycles. The van der Waals surface area contributed by atoms with Gasteiger partial charge in [-0.05, 0) is 50.0 Å². The van der Waals surface area contributed by atoms with Gasteiger partial charge in [0.2, 0.25) is 0 Å². The van der Waals surface area contributed by atoms with Gasteiger partial charge < -0.3 is 15.3 Å². The SMILES string of the molecule is CC1(C)CCC(O)C(C)(O)C12CC=C(CO)CC2. The molecule has 2 aliphatic rings. The Bertz CT molecular complexity index is 357. The van der Waals surface area contributed by atoms with Gasteiger partial charge in [0.1, 0.15) is 0 Å². The van der Waals surface area contributed by atoms with Crippen LogP contribution in [0, 0.1) is 10.8 Å². The molecule has 3 atom stereocenters. The first-order chi connectivity index (χ1) is 8.27. The molecular formula is C15H26O3. The lowest BCUT2D eigenvalue weighted by Crippen LogP contribution is -2.64. The first-order valence-corrected chi connectivity index (χ1v) is 6.96. The zero-order valence-electron chi connectivity index (χ0n) is 11.7. The van der Waals surface area contributed by atoms with E-state index in [0.717, 1.165) is 31.3 Å². The minimum Gasteiger partial charge on any atom is -0.392 e. The van der Waals surface area contributed by atoms with Crippen molar-refractivity contribution in [1.82, 2.24) is 0 Å². The van der Waals surface area contributed by atoms with Crippen molar-refractivity contribution in [2.75, 3.05) is 6.61 Å². The lowest BCUT2D eigenvalue weighted by Gasteiger charge is -2.61. The highest BCUT2D eigenvalue weighted by Crippen LogP contribution is 2.61. The van der Waals surface area contributed by atoms with E-state index in [4.69, 9.17) is 0 Å².